The second-order valence-electron chi connectivity index (χ2n) is 2.15. The molecule has 0 atom stereocenters. The van der Waals surface area contributed by atoms with Crippen LogP contribution in [0, 0.1) is 12.3 Å². The predicted molar refractivity (Wildman–Crippen MR) is 46.5 cm³/mol. The lowest BCUT2D eigenvalue weighted by Gasteiger charge is -2.05. The molecule has 12 heavy (non-hydrogen) atoms. The highest BCUT2D eigenvalue weighted by Gasteiger charge is 1.99. The highest BCUT2D eigenvalue weighted by molar-refractivity contribution is 5.26. The number of nitrogens with zero attached hydrogens (tertiary/aromatic N) is 1. The van der Waals surface area contributed by atoms with Gasteiger partial charge in [-0.2, -0.15) is 0 Å². The van der Waals surface area contributed by atoms with E-state index in [9.17, 15) is 0 Å². The number of pyridine rings is 1. The molecule has 1 rings (SSSR count). The van der Waals surface area contributed by atoms with Crippen LogP contribution in [0.4, 0.5) is 0 Å². The van der Waals surface area contributed by atoms with Crippen molar-refractivity contribution < 1.29 is 4.74 Å². The van der Waals surface area contributed by atoms with Crippen molar-refractivity contribution in [2.45, 2.75) is 6.54 Å². The molecule has 0 aliphatic rings. The van der Waals surface area contributed by atoms with E-state index in [4.69, 9.17) is 16.9 Å². The van der Waals surface area contributed by atoms with Crippen molar-refractivity contribution in [2.75, 3.05) is 6.61 Å². The van der Waals surface area contributed by atoms with E-state index in [1.807, 2.05) is 0 Å². The van der Waals surface area contributed by atoms with Gasteiger partial charge in [-0.3, -0.25) is 4.98 Å². The van der Waals surface area contributed by atoms with Crippen molar-refractivity contribution in [3.63, 3.8) is 0 Å². The van der Waals surface area contributed by atoms with Gasteiger partial charge in [0.1, 0.15) is 12.4 Å². The van der Waals surface area contributed by atoms with Crippen LogP contribution in [0.25, 0.3) is 0 Å². The molecule has 0 saturated carbocycles. The monoisotopic (exact) mass is 162 g/mol. The van der Waals surface area contributed by atoms with E-state index < -0.39 is 0 Å². The van der Waals surface area contributed by atoms with Gasteiger partial charge >= 0.3 is 0 Å². The van der Waals surface area contributed by atoms with Crippen LogP contribution in [-0.2, 0) is 6.54 Å². The summed E-state index contributed by atoms with van der Waals surface area (Å²) >= 11 is 0. The number of rotatable bonds is 3. The topological polar surface area (TPSA) is 48.1 Å². The van der Waals surface area contributed by atoms with Gasteiger partial charge in [-0.15, -0.1) is 6.42 Å². The first kappa shape index (κ1) is 8.57. The molecule has 0 radical (unpaired) electrons. The minimum atomic E-state index is 0.249. The van der Waals surface area contributed by atoms with Gasteiger partial charge in [0.15, 0.2) is 0 Å². The SMILES string of the molecule is C#CCOc1cccnc1CN. The van der Waals surface area contributed by atoms with E-state index >= 15 is 0 Å². The summed E-state index contributed by atoms with van der Waals surface area (Å²) in [6.45, 7) is 0.611. The molecule has 0 spiro atoms. The van der Waals surface area contributed by atoms with Gasteiger partial charge in [-0.25, -0.2) is 0 Å². The lowest BCUT2D eigenvalue weighted by molar-refractivity contribution is 0.364. The number of terminal acetylenes is 1. The molecule has 0 amide bonds. The molecule has 62 valence electrons. The van der Waals surface area contributed by atoms with E-state index in [0.717, 1.165) is 5.69 Å². The Morgan fingerprint density at radius 1 is 1.67 bits per heavy atom. The summed E-state index contributed by atoms with van der Waals surface area (Å²) in [6.07, 6.45) is 6.71. The lowest BCUT2D eigenvalue weighted by Crippen LogP contribution is -2.04. The van der Waals surface area contributed by atoms with E-state index in [2.05, 4.69) is 10.9 Å². The number of aromatic nitrogens is 1. The highest BCUT2D eigenvalue weighted by Crippen LogP contribution is 2.13. The molecule has 2 N–H and O–H groups in total. The summed E-state index contributed by atoms with van der Waals surface area (Å²) in [5.41, 5.74) is 6.16. The predicted octanol–water partition coefficient (Wildman–Crippen LogP) is 0.552. The Balaban J connectivity index is 2.76. The third kappa shape index (κ3) is 1.97. The molecular weight excluding hydrogens is 152 g/mol. The normalized spacial score (nSPS) is 9.00. The number of ether oxygens (including phenoxy) is 1. The molecule has 0 aliphatic carbocycles. The molecule has 1 aromatic rings. The second-order valence-corrected chi connectivity index (χ2v) is 2.15. The van der Waals surface area contributed by atoms with Crippen molar-refractivity contribution in [3.05, 3.63) is 24.0 Å². The van der Waals surface area contributed by atoms with Crippen molar-refractivity contribution in [1.29, 1.82) is 0 Å². The largest absolute Gasteiger partial charge is 0.479 e. The Hall–Kier alpha value is -1.53. The van der Waals surface area contributed by atoms with Crippen LogP contribution in [0.3, 0.4) is 0 Å². The van der Waals surface area contributed by atoms with Crippen LogP contribution in [0.2, 0.25) is 0 Å². The summed E-state index contributed by atoms with van der Waals surface area (Å²) in [5.74, 6) is 3.04. The Bertz CT molecular complexity index is 291. The molecule has 0 fully saturated rings. The molecular formula is C9H10N2O. The third-order valence-corrected chi connectivity index (χ3v) is 1.35. The molecule has 0 aliphatic heterocycles. The number of hydrogen-bond acceptors (Lipinski definition) is 3. The molecule has 0 bridgehead atoms. The molecule has 3 nitrogen and oxygen atoms in total. The van der Waals surface area contributed by atoms with Gasteiger partial charge in [0.2, 0.25) is 0 Å². The molecule has 0 aromatic carbocycles. The fourth-order valence-corrected chi connectivity index (χ4v) is 0.827. The van der Waals surface area contributed by atoms with Gasteiger partial charge < -0.3 is 10.5 Å². The van der Waals surface area contributed by atoms with E-state index in [-0.39, 0.29) is 6.61 Å². The second kappa shape index (κ2) is 4.37. The Kier molecular flexibility index (Phi) is 3.12. The van der Waals surface area contributed by atoms with E-state index in [0.29, 0.717) is 12.3 Å². The summed E-state index contributed by atoms with van der Waals surface area (Å²) in [6, 6.07) is 3.58. The summed E-state index contributed by atoms with van der Waals surface area (Å²) < 4.78 is 5.20. The quantitative estimate of drug-likeness (QED) is 0.660. The average Bonchev–Trinajstić information content (AvgIpc) is 2.15. The Morgan fingerprint density at radius 3 is 3.17 bits per heavy atom. The van der Waals surface area contributed by atoms with Crippen LogP contribution >= 0.6 is 0 Å². The maximum absolute atomic E-state index is 5.43. The van der Waals surface area contributed by atoms with Gasteiger partial charge in [0, 0.05) is 12.7 Å². The molecule has 1 heterocycles. The zero-order valence-electron chi connectivity index (χ0n) is 6.66. The Labute approximate surface area is 71.6 Å². The summed E-state index contributed by atoms with van der Waals surface area (Å²) in [5, 5.41) is 0. The first-order chi connectivity index (χ1) is 5.88. The van der Waals surface area contributed by atoms with Crippen molar-refractivity contribution >= 4 is 0 Å². The van der Waals surface area contributed by atoms with Crippen molar-refractivity contribution in [3.8, 4) is 18.1 Å². The van der Waals surface area contributed by atoms with Gasteiger partial charge in [0.05, 0.1) is 5.69 Å². The zero-order chi connectivity index (χ0) is 8.81. The Morgan fingerprint density at radius 2 is 2.50 bits per heavy atom. The average molecular weight is 162 g/mol. The minimum Gasteiger partial charge on any atom is -0.479 e. The van der Waals surface area contributed by atoms with Crippen LogP contribution in [0.5, 0.6) is 5.75 Å². The lowest BCUT2D eigenvalue weighted by atomic mass is 10.3. The van der Waals surface area contributed by atoms with Crippen LogP contribution < -0.4 is 10.5 Å². The number of hydrogen-bond donors (Lipinski definition) is 1. The zero-order valence-corrected chi connectivity index (χ0v) is 6.66. The maximum Gasteiger partial charge on any atom is 0.148 e. The number of nitrogens with two attached hydrogens (primary N) is 1. The smallest absolute Gasteiger partial charge is 0.148 e. The van der Waals surface area contributed by atoms with Crippen LogP contribution in [0.15, 0.2) is 18.3 Å². The molecule has 3 heteroatoms. The fraction of sp³-hybridized carbons (Fsp3) is 0.222. The minimum absolute atomic E-state index is 0.249. The summed E-state index contributed by atoms with van der Waals surface area (Å²) in [4.78, 5) is 4.03. The van der Waals surface area contributed by atoms with E-state index in [1.165, 1.54) is 0 Å². The highest BCUT2D eigenvalue weighted by atomic mass is 16.5. The standard InChI is InChI=1S/C9H10N2O/c1-2-6-12-9-4-3-5-11-8(9)7-10/h1,3-5H,6-7,10H2. The third-order valence-electron chi connectivity index (χ3n) is 1.35. The van der Waals surface area contributed by atoms with Gasteiger partial charge in [0.25, 0.3) is 0 Å². The fourth-order valence-electron chi connectivity index (χ4n) is 0.827. The first-order valence-electron chi connectivity index (χ1n) is 3.58. The van der Waals surface area contributed by atoms with Gasteiger partial charge in [-0.1, -0.05) is 5.92 Å². The van der Waals surface area contributed by atoms with Crippen LogP contribution in [-0.4, -0.2) is 11.6 Å². The summed E-state index contributed by atoms with van der Waals surface area (Å²) in [7, 11) is 0. The molecule has 1 aromatic heterocycles. The van der Waals surface area contributed by atoms with Crippen molar-refractivity contribution in [2.24, 2.45) is 5.73 Å². The van der Waals surface area contributed by atoms with Gasteiger partial charge in [-0.05, 0) is 12.1 Å². The van der Waals surface area contributed by atoms with E-state index in [1.54, 1.807) is 18.3 Å². The molecule has 0 saturated heterocycles. The maximum atomic E-state index is 5.43. The van der Waals surface area contributed by atoms with Crippen molar-refractivity contribution in [1.82, 2.24) is 4.98 Å². The first-order valence-corrected chi connectivity index (χ1v) is 3.58. The van der Waals surface area contributed by atoms with Crippen LogP contribution in [0.1, 0.15) is 5.69 Å². The molecule has 0 unspecified atom stereocenters.